The van der Waals surface area contributed by atoms with Crippen LogP contribution in [0.5, 0.6) is 0 Å². The van der Waals surface area contributed by atoms with Crippen LogP contribution < -0.4 is 5.32 Å². The quantitative estimate of drug-likeness (QED) is 0.294. The van der Waals surface area contributed by atoms with Gasteiger partial charge in [-0.05, 0) is 62.7 Å². The number of ether oxygens (including phenoxy) is 1. The minimum atomic E-state index is -1.73. The number of carbonyl (C=O) groups excluding carboxylic acids is 2. The van der Waals surface area contributed by atoms with Gasteiger partial charge in [0, 0.05) is 69.6 Å². The SMILES string of the molecule is CC(C)(C)OC(=O)n1c(-c2ncc(Cl)c3c2C(=O)NC3)cc2cc(CN3CCN(CCO[Si](C)(C)C(C)(C)C)CC3)ccc21. The van der Waals surface area contributed by atoms with Crippen LogP contribution in [-0.4, -0.2) is 84.6 Å². The van der Waals surface area contributed by atoms with Crippen molar-refractivity contribution in [3.8, 4) is 11.4 Å². The van der Waals surface area contributed by atoms with Crippen LogP contribution in [0.1, 0.15) is 63.0 Å². The van der Waals surface area contributed by atoms with Crippen molar-refractivity contribution in [3.05, 3.63) is 52.2 Å². The second-order valence-electron chi connectivity index (χ2n) is 14.5. The highest BCUT2D eigenvalue weighted by atomic mass is 35.5. The molecular formula is C33H46ClN5O4Si. The molecule has 2 aromatic heterocycles. The van der Waals surface area contributed by atoms with E-state index in [1.165, 1.54) is 10.8 Å². The van der Waals surface area contributed by atoms with E-state index in [4.69, 9.17) is 20.8 Å². The van der Waals surface area contributed by atoms with Crippen molar-refractivity contribution in [3.63, 3.8) is 0 Å². The van der Waals surface area contributed by atoms with Gasteiger partial charge < -0.3 is 14.5 Å². The van der Waals surface area contributed by atoms with Crippen molar-refractivity contribution in [1.29, 1.82) is 0 Å². The Hall–Kier alpha value is -2.76. The Kier molecular flexibility index (Phi) is 9.05. The van der Waals surface area contributed by atoms with Gasteiger partial charge in [0.25, 0.3) is 5.91 Å². The van der Waals surface area contributed by atoms with Crippen LogP contribution in [0.3, 0.4) is 0 Å². The van der Waals surface area contributed by atoms with E-state index in [9.17, 15) is 9.59 Å². The van der Waals surface area contributed by atoms with Crippen molar-refractivity contribution in [1.82, 2.24) is 24.7 Å². The number of hydrogen-bond donors (Lipinski definition) is 1. The molecule has 11 heteroatoms. The number of pyridine rings is 1. The largest absolute Gasteiger partial charge is 0.443 e. The predicted octanol–water partition coefficient (Wildman–Crippen LogP) is 6.52. The van der Waals surface area contributed by atoms with Gasteiger partial charge in [0.1, 0.15) is 11.3 Å². The van der Waals surface area contributed by atoms with Crippen molar-refractivity contribution in [2.45, 2.75) is 78.4 Å². The maximum atomic E-state index is 13.6. The second kappa shape index (κ2) is 12.2. The number of hydrogen-bond acceptors (Lipinski definition) is 7. The molecule has 0 spiro atoms. The van der Waals surface area contributed by atoms with E-state index in [1.807, 2.05) is 32.9 Å². The Labute approximate surface area is 267 Å². The summed E-state index contributed by atoms with van der Waals surface area (Å²) in [6.07, 6.45) is 1.02. The summed E-state index contributed by atoms with van der Waals surface area (Å²) in [4.78, 5) is 35.9. The molecule has 0 unspecified atom stereocenters. The molecule has 1 N–H and O–H groups in total. The Bertz CT molecular complexity index is 1560. The minimum Gasteiger partial charge on any atom is -0.443 e. The first kappa shape index (κ1) is 32.6. The van der Waals surface area contributed by atoms with Gasteiger partial charge in [-0.3, -0.25) is 19.6 Å². The average Bonchev–Trinajstić information content (AvgIpc) is 3.50. The fourth-order valence-corrected chi connectivity index (χ4v) is 6.76. The second-order valence-corrected chi connectivity index (χ2v) is 19.7. The summed E-state index contributed by atoms with van der Waals surface area (Å²) < 4.78 is 13.7. The number of benzene rings is 1. The molecular weight excluding hydrogens is 594 g/mol. The van der Waals surface area contributed by atoms with Crippen LogP contribution in [0.4, 0.5) is 4.79 Å². The van der Waals surface area contributed by atoms with Crippen molar-refractivity contribution >= 4 is 42.8 Å². The third-order valence-electron chi connectivity index (χ3n) is 9.02. The lowest BCUT2D eigenvalue weighted by atomic mass is 10.1. The number of nitrogens with one attached hydrogen (secondary N) is 1. The fraction of sp³-hybridized carbons (Fsp3) is 0.545. The van der Waals surface area contributed by atoms with E-state index in [1.54, 1.807) is 0 Å². The molecule has 3 aromatic rings. The highest BCUT2D eigenvalue weighted by molar-refractivity contribution is 6.74. The lowest BCUT2D eigenvalue weighted by molar-refractivity contribution is 0.0546. The van der Waals surface area contributed by atoms with Crippen LogP contribution >= 0.6 is 11.6 Å². The molecule has 2 aliphatic heterocycles. The highest BCUT2D eigenvalue weighted by Crippen LogP contribution is 2.37. The van der Waals surface area contributed by atoms with Crippen LogP contribution in [0, 0.1) is 0 Å². The highest BCUT2D eigenvalue weighted by Gasteiger charge is 2.37. The molecule has 0 aliphatic carbocycles. The molecule has 0 bridgehead atoms. The van der Waals surface area contributed by atoms with Crippen molar-refractivity contribution < 1.29 is 18.8 Å². The normalized spacial score (nSPS) is 16.8. The third-order valence-corrected chi connectivity index (χ3v) is 13.9. The first-order valence-electron chi connectivity index (χ1n) is 15.5. The van der Waals surface area contributed by atoms with E-state index in [0.717, 1.165) is 56.8 Å². The van der Waals surface area contributed by atoms with E-state index >= 15 is 0 Å². The summed E-state index contributed by atoms with van der Waals surface area (Å²) in [5.74, 6) is -0.252. The van der Waals surface area contributed by atoms with Crippen LogP contribution in [-0.2, 0) is 22.3 Å². The van der Waals surface area contributed by atoms with Gasteiger partial charge in [-0.25, -0.2) is 9.36 Å². The van der Waals surface area contributed by atoms with E-state index in [-0.39, 0.29) is 10.9 Å². The Morgan fingerprint density at radius 3 is 2.39 bits per heavy atom. The first-order valence-corrected chi connectivity index (χ1v) is 18.7. The van der Waals surface area contributed by atoms with Crippen LogP contribution in [0.25, 0.3) is 22.3 Å². The lowest BCUT2D eigenvalue weighted by Gasteiger charge is -2.38. The first-order chi connectivity index (χ1) is 20.5. The van der Waals surface area contributed by atoms with Gasteiger partial charge in [-0.2, -0.15) is 0 Å². The van der Waals surface area contributed by atoms with Gasteiger partial charge >= 0.3 is 6.09 Å². The Morgan fingerprint density at radius 1 is 1.05 bits per heavy atom. The molecule has 238 valence electrons. The van der Waals surface area contributed by atoms with Gasteiger partial charge in [-0.15, -0.1) is 0 Å². The number of carbonyl (C=O) groups is 2. The summed E-state index contributed by atoms with van der Waals surface area (Å²) in [7, 11) is -1.73. The molecule has 9 nitrogen and oxygen atoms in total. The standard InChI is InChI=1S/C33H46ClN5O4Si/c1-32(2,3)43-31(41)39-26-10-9-22(21-38-13-11-37(12-14-38)15-16-42-44(7,8)33(4,5)6)17-23(26)18-27(39)29-28-24(19-36-30(28)40)25(34)20-35-29/h9-10,17-18,20H,11-16,19,21H2,1-8H3,(H,36,40). The molecule has 0 radical (unpaired) electrons. The molecule has 1 saturated heterocycles. The molecule has 1 amide bonds. The maximum Gasteiger partial charge on any atom is 0.419 e. The van der Waals surface area contributed by atoms with Crippen LogP contribution in [0.2, 0.25) is 23.2 Å². The van der Waals surface area contributed by atoms with Gasteiger partial charge in [0.15, 0.2) is 8.32 Å². The predicted molar refractivity (Wildman–Crippen MR) is 178 cm³/mol. The molecule has 5 rings (SSSR count). The molecule has 1 aromatic carbocycles. The molecule has 4 heterocycles. The number of fused-ring (bicyclic) bond motifs is 2. The zero-order valence-corrected chi connectivity index (χ0v) is 29.1. The zero-order valence-electron chi connectivity index (χ0n) is 27.3. The van der Waals surface area contributed by atoms with E-state index in [2.05, 4.69) is 66.1 Å². The number of aromatic nitrogens is 2. The van der Waals surface area contributed by atoms with Gasteiger partial charge in [-0.1, -0.05) is 38.4 Å². The number of rotatable bonds is 7. The maximum absolute atomic E-state index is 13.6. The zero-order chi connectivity index (χ0) is 32.0. The third kappa shape index (κ3) is 6.89. The van der Waals surface area contributed by atoms with Gasteiger partial charge in [0.2, 0.25) is 0 Å². The molecule has 2 aliphatic rings. The topological polar surface area (TPSA) is 88.9 Å². The smallest absolute Gasteiger partial charge is 0.419 e. The Balaban J connectivity index is 1.34. The summed E-state index contributed by atoms with van der Waals surface area (Å²) in [5.41, 5.74) is 3.17. The average molecular weight is 640 g/mol. The summed E-state index contributed by atoms with van der Waals surface area (Å²) in [6, 6.07) is 8.07. The van der Waals surface area contributed by atoms with Crippen molar-refractivity contribution in [2.24, 2.45) is 0 Å². The number of amides is 1. The van der Waals surface area contributed by atoms with Crippen molar-refractivity contribution in [2.75, 3.05) is 39.3 Å². The summed E-state index contributed by atoms with van der Waals surface area (Å²) in [6.45, 7) is 23.8. The fourth-order valence-electron chi connectivity index (χ4n) is 5.51. The molecule has 1 fully saturated rings. The summed E-state index contributed by atoms with van der Waals surface area (Å²) in [5, 5.41) is 4.37. The van der Waals surface area contributed by atoms with E-state index < -0.39 is 20.0 Å². The van der Waals surface area contributed by atoms with Gasteiger partial charge in [0.05, 0.1) is 21.8 Å². The van der Waals surface area contributed by atoms with Crippen LogP contribution in [0.15, 0.2) is 30.5 Å². The molecule has 0 atom stereocenters. The van der Waals surface area contributed by atoms with E-state index in [0.29, 0.717) is 39.6 Å². The summed E-state index contributed by atoms with van der Waals surface area (Å²) >= 11 is 6.38. The monoisotopic (exact) mass is 639 g/mol. The number of piperazine rings is 1. The Morgan fingerprint density at radius 2 is 1.73 bits per heavy atom. The number of nitrogens with zero attached hydrogens (tertiary/aromatic N) is 4. The molecule has 0 saturated carbocycles. The lowest BCUT2D eigenvalue weighted by Crippen LogP contribution is -2.48. The minimum absolute atomic E-state index is 0.224. The molecule has 44 heavy (non-hydrogen) atoms. The number of halogens is 1.